The van der Waals surface area contributed by atoms with Gasteiger partial charge in [-0.3, -0.25) is 4.79 Å². The Morgan fingerprint density at radius 2 is 2.21 bits per heavy atom. The van der Waals surface area contributed by atoms with E-state index in [0.717, 1.165) is 0 Å². The number of ether oxygens (including phenoxy) is 2. The molecule has 0 aliphatic rings. The van der Waals surface area contributed by atoms with Gasteiger partial charge in [0.1, 0.15) is 0 Å². The van der Waals surface area contributed by atoms with Gasteiger partial charge in [0, 0.05) is 25.1 Å². The van der Waals surface area contributed by atoms with Gasteiger partial charge in [0.25, 0.3) is 0 Å². The van der Waals surface area contributed by atoms with E-state index in [1.54, 1.807) is 6.92 Å². The normalized spacial score (nSPS) is 10.1. The fourth-order valence-corrected chi connectivity index (χ4v) is 1.57. The molecule has 3 N–H and O–H groups in total. The Balaban J connectivity index is 2.47. The summed E-state index contributed by atoms with van der Waals surface area (Å²) in [7, 11) is 1.39. The zero-order chi connectivity index (χ0) is 14.3. The van der Waals surface area contributed by atoms with Gasteiger partial charge in [-0.1, -0.05) is 0 Å². The van der Waals surface area contributed by atoms with Crippen LogP contribution in [0, 0.1) is 5.82 Å². The van der Waals surface area contributed by atoms with E-state index in [1.807, 2.05) is 0 Å². The zero-order valence-corrected chi connectivity index (χ0v) is 11.2. The Kier molecular flexibility index (Phi) is 5.92. The number of carbonyl (C=O) groups is 1. The van der Waals surface area contributed by atoms with Gasteiger partial charge in [0.2, 0.25) is 0 Å². The maximum absolute atomic E-state index is 13.3. The molecule has 19 heavy (non-hydrogen) atoms. The van der Waals surface area contributed by atoms with Crippen molar-refractivity contribution in [3.8, 4) is 5.75 Å². The quantitative estimate of drug-likeness (QED) is 0.451. The molecular formula is C13H19FN2O3. The van der Waals surface area contributed by atoms with Crippen LogP contribution in [0.5, 0.6) is 5.75 Å². The number of anilines is 2. The van der Waals surface area contributed by atoms with E-state index in [1.165, 1.54) is 19.2 Å². The summed E-state index contributed by atoms with van der Waals surface area (Å²) in [5.41, 5.74) is 6.57. The van der Waals surface area contributed by atoms with Crippen LogP contribution in [0.1, 0.15) is 19.8 Å². The van der Waals surface area contributed by atoms with Crippen molar-refractivity contribution in [2.45, 2.75) is 19.8 Å². The van der Waals surface area contributed by atoms with Crippen LogP contribution in [-0.4, -0.2) is 26.2 Å². The van der Waals surface area contributed by atoms with Crippen LogP contribution >= 0.6 is 0 Å². The van der Waals surface area contributed by atoms with E-state index in [2.05, 4.69) is 5.32 Å². The molecule has 0 aliphatic carbocycles. The SMILES string of the molecule is CCOC(=O)CCCNc1cc(OC)c(F)cc1N. The summed E-state index contributed by atoms with van der Waals surface area (Å²) in [6.45, 7) is 2.69. The van der Waals surface area contributed by atoms with Crippen LogP contribution in [0.4, 0.5) is 15.8 Å². The summed E-state index contributed by atoms with van der Waals surface area (Å²) in [5, 5.41) is 3.03. The lowest BCUT2D eigenvalue weighted by molar-refractivity contribution is -0.143. The summed E-state index contributed by atoms with van der Waals surface area (Å²) in [4.78, 5) is 11.1. The first-order chi connectivity index (χ1) is 9.08. The average Bonchev–Trinajstić information content (AvgIpc) is 2.37. The smallest absolute Gasteiger partial charge is 0.305 e. The van der Waals surface area contributed by atoms with Gasteiger partial charge in [-0.2, -0.15) is 0 Å². The second-order valence-electron chi connectivity index (χ2n) is 3.91. The van der Waals surface area contributed by atoms with E-state index in [4.69, 9.17) is 15.2 Å². The highest BCUT2D eigenvalue weighted by atomic mass is 19.1. The highest BCUT2D eigenvalue weighted by Crippen LogP contribution is 2.27. The molecule has 106 valence electrons. The number of nitrogens with two attached hydrogens (primary N) is 1. The molecule has 1 aromatic carbocycles. The minimum Gasteiger partial charge on any atom is -0.494 e. The predicted molar refractivity (Wildman–Crippen MR) is 71.7 cm³/mol. The standard InChI is InChI=1S/C13H19FN2O3/c1-3-19-13(17)5-4-6-16-11-8-12(18-2)9(14)7-10(11)15/h7-8,16H,3-6,15H2,1-2H3. The van der Waals surface area contributed by atoms with Crippen molar-refractivity contribution in [3.05, 3.63) is 17.9 Å². The fourth-order valence-electron chi connectivity index (χ4n) is 1.57. The summed E-state index contributed by atoms with van der Waals surface area (Å²) in [6, 6.07) is 2.70. The van der Waals surface area contributed by atoms with Crippen molar-refractivity contribution in [1.82, 2.24) is 0 Å². The third-order valence-electron chi connectivity index (χ3n) is 2.50. The summed E-state index contributed by atoms with van der Waals surface area (Å²) in [5.74, 6) is -0.604. The second kappa shape index (κ2) is 7.45. The van der Waals surface area contributed by atoms with Crippen molar-refractivity contribution in [2.24, 2.45) is 0 Å². The molecule has 0 radical (unpaired) electrons. The molecule has 0 aromatic heterocycles. The Hall–Kier alpha value is -1.98. The number of methoxy groups -OCH3 is 1. The van der Waals surface area contributed by atoms with Crippen molar-refractivity contribution >= 4 is 17.3 Å². The van der Waals surface area contributed by atoms with Gasteiger partial charge in [0.05, 0.1) is 25.1 Å². The lowest BCUT2D eigenvalue weighted by Gasteiger charge is -2.11. The molecule has 0 aliphatic heterocycles. The third-order valence-corrected chi connectivity index (χ3v) is 2.50. The highest BCUT2D eigenvalue weighted by Gasteiger charge is 2.08. The molecule has 0 saturated heterocycles. The van der Waals surface area contributed by atoms with E-state index in [0.29, 0.717) is 37.4 Å². The van der Waals surface area contributed by atoms with Crippen LogP contribution < -0.4 is 15.8 Å². The molecule has 0 fully saturated rings. The zero-order valence-electron chi connectivity index (χ0n) is 11.2. The average molecular weight is 270 g/mol. The van der Waals surface area contributed by atoms with Crippen LogP contribution in [-0.2, 0) is 9.53 Å². The Morgan fingerprint density at radius 3 is 2.84 bits per heavy atom. The Morgan fingerprint density at radius 1 is 1.47 bits per heavy atom. The first-order valence-electron chi connectivity index (χ1n) is 6.11. The van der Waals surface area contributed by atoms with Crippen molar-refractivity contribution in [3.63, 3.8) is 0 Å². The van der Waals surface area contributed by atoms with Gasteiger partial charge in [0.15, 0.2) is 11.6 Å². The van der Waals surface area contributed by atoms with Crippen LogP contribution in [0.2, 0.25) is 0 Å². The minimum absolute atomic E-state index is 0.127. The number of rotatable bonds is 7. The Labute approximate surface area is 111 Å². The highest BCUT2D eigenvalue weighted by molar-refractivity contribution is 5.70. The van der Waals surface area contributed by atoms with Crippen LogP contribution in [0.3, 0.4) is 0 Å². The number of nitrogens with one attached hydrogen (secondary N) is 1. The van der Waals surface area contributed by atoms with Gasteiger partial charge >= 0.3 is 5.97 Å². The number of hydrogen-bond acceptors (Lipinski definition) is 5. The number of halogens is 1. The molecule has 0 saturated carbocycles. The molecule has 0 atom stereocenters. The van der Waals surface area contributed by atoms with Gasteiger partial charge in [-0.15, -0.1) is 0 Å². The molecular weight excluding hydrogens is 251 g/mol. The molecule has 0 bridgehead atoms. The van der Waals surface area contributed by atoms with E-state index in [-0.39, 0.29) is 11.7 Å². The van der Waals surface area contributed by atoms with E-state index < -0.39 is 5.82 Å². The van der Waals surface area contributed by atoms with Crippen LogP contribution in [0.25, 0.3) is 0 Å². The van der Waals surface area contributed by atoms with Gasteiger partial charge in [-0.05, 0) is 13.3 Å². The van der Waals surface area contributed by atoms with E-state index in [9.17, 15) is 9.18 Å². The van der Waals surface area contributed by atoms with Crippen LogP contribution in [0.15, 0.2) is 12.1 Å². The van der Waals surface area contributed by atoms with Crippen molar-refractivity contribution in [1.29, 1.82) is 0 Å². The monoisotopic (exact) mass is 270 g/mol. The largest absolute Gasteiger partial charge is 0.494 e. The molecule has 5 nitrogen and oxygen atoms in total. The lowest BCUT2D eigenvalue weighted by Crippen LogP contribution is -2.09. The predicted octanol–water partition coefficient (Wildman–Crippen LogP) is 2.17. The summed E-state index contributed by atoms with van der Waals surface area (Å²) in [6.07, 6.45) is 0.942. The molecule has 0 unspecified atom stereocenters. The number of benzene rings is 1. The lowest BCUT2D eigenvalue weighted by atomic mass is 10.2. The van der Waals surface area contributed by atoms with Crippen molar-refractivity contribution < 1.29 is 18.7 Å². The minimum atomic E-state index is -0.503. The van der Waals surface area contributed by atoms with Gasteiger partial charge < -0.3 is 20.5 Å². The number of carbonyl (C=O) groups excluding carboxylic acids is 1. The summed E-state index contributed by atoms with van der Waals surface area (Å²) < 4.78 is 23.0. The number of esters is 1. The molecule has 1 rings (SSSR count). The first-order valence-corrected chi connectivity index (χ1v) is 6.11. The Bertz CT molecular complexity index is 438. The molecule has 1 aromatic rings. The van der Waals surface area contributed by atoms with Gasteiger partial charge in [-0.25, -0.2) is 4.39 Å². The fraction of sp³-hybridized carbons (Fsp3) is 0.462. The first kappa shape index (κ1) is 15.1. The maximum atomic E-state index is 13.3. The maximum Gasteiger partial charge on any atom is 0.305 e. The number of hydrogen-bond donors (Lipinski definition) is 2. The third kappa shape index (κ3) is 4.65. The molecule has 6 heteroatoms. The molecule has 0 heterocycles. The molecule has 0 amide bonds. The second-order valence-corrected chi connectivity index (χ2v) is 3.91. The summed E-state index contributed by atoms with van der Waals surface area (Å²) >= 11 is 0. The van der Waals surface area contributed by atoms with E-state index >= 15 is 0 Å². The molecule has 0 spiro atoms. The topological polar surface area (TPSA) is 73.6 Å². The van der Waals surface area contributed by atoms with Crippen molar-refractivity contribution in [2.75, 3.05) is 31.3 Å². The number of nitrogen functional groups attached to an aromatic ring is 1.